The maximum Gasteiger partial charge on any atom is 0.153 e. The highest BCUT2D eigenvalue weighted by Crippen LogP contribution is 2.17. The standard InChI is InChI=1S/C17H16O4/c1-13(21-16-7-4-5-14(9-16)10-18)12-20-17-8-3-2-6-15(17)11-19/h2-11,13H,12H2,1H3. The molecular weight excluding hydrogens is 268 g/mol. The van der Waals surface area contributed by atoms with E-state index < -0.39 is 0 Å². The molecule has 108 valence electrons. The van der Waals surface area contributed by atoms with Gasteiger partial charge in [0.25, 0.3) is 0 Å². The zero-order valence-corrected chi connectivity index (χ0v) is 11.7. The largest absolute Gasteiger partial charge is 0.489 e. The molecule has 0 aliphatic rings. The number of rotatable bonds is 7. The van der Waals surface area contributed by atoms with Crippen LogP contribution in [0.4, 0.5) is 0 Å². The van der Waals surface area contributed by atoms with Crippen molar-refractivity contribution < 1.29 is 19.1 Å². The summed E-state index contributed by atoms with van der Waals surface area (Å²) >= 11 is 0. The maximum absolute atomic E-state index is 10.9. The van der Waals surface area contributed by atoms with Gasteiger partial charge in [0.1, 0.15) is 30.5 Å². The number of hydrogen-bond acceptors (Lipinski definition) is 4. The summed E-state index contributed by atoms with van der Waals surface area (Å²) in [6, 6.07) is 13.9. The molecule has 0 N–H and O–H groups in total. The molecule has 2 rings (SSSR count). The Kier molecular flexibility index (Phi) is 5.10. The first-order valence-corrected chi connectivity index (χ1v) is 6.62. The third-order valence-electron chi connectivity index (χ3n) is 2.85. The van der Waals surface area contributed by atoms with Crippen molar-refractivity contribution in [2.75, 3.05) is 6.61 Å². The molecule has 4 nitrogen and oxygen atoms in total. The number of aldehydes is 2. The second-order valence-electron chi connectivity index (χ2n) is 4.59. The van der Waals surface area contributed by atoms with Gasteiger partial charge in [-0.3, -0.25) is 9.59 Å². The van der Waals surface area contributed by atoms with E-state index in [0.29, 0.717) is 29.2 Å². The molecule has 0 amide bonds. The minimum Gasteiger partial charge on any atom is -0.489 e. The van der Waals surface area contributed by atoms with Crippen LogP contribution < -0.4 is 9.47 Å². The third-order valence-corrected chi connectivity index (χ3v) is 2.85. The summed E-state index contributed by atoms with van der Waals surface area (Å²) in [5.41, 5.74) is 1.07. The van der Waals surface area contributed by atoms with Gasteiger partial charge in [-0.25, -0.2) is 0 Å². The first kappa shape index (κ1) is 14.8. The van der Waals surface area contributed by atoms with Gasteiger partial charge >= 0.3 is 0 Å². The number of carbonyl (C=O) groups is 2. The van der Waals surface area contributed by atoms with E-state index in [-0.39, 0.29) is 6.10 Å². The summed E-state index contributed by atoms with van der Waals surface area (Å²) in [6.45, 7) is 2.16. The van der Waals surface area contributed by atoms with Crippen molar-refractivity contribution in [3.8, 4) is 11.5 Å². The molecule has 0 saturated carbocycles. The van der Waals surface area contributed by atoms with Gasteiger partial charge in [0.15, 0.2) is 6.29 Å². The highest BCUT2D eigenvalue weighted by molar-refractivity contribution is 5.79. The van der Waals surface area contributed by atoms with Crippen LogP contribution in [0.15, 0.2) is 48.5 Å². The summed E-state index contributed by atoms with van der Waals surface area (Å²) in [7, 11) is 0. The number of ether oxygens (including phenoxy) is 2. The van der Waals surface area contributed by atoms with E-state index in [1.165, 1.54) is 0 Å². The Morgan fingerprint density at radius 2 is 1.86 bits per heavy atom. The molecule has 1 atom stereocenters. The van der Waals surface area contributed by atoms with Crippen LogP contribution >= 0.6 is 0 Å². The van der Waals surface area contributed by atoms with E-state index in [2.05, 4.69) is 0 Å². The molecule has 0 radical (unpaired) electrons. The second-order valence-corrected chi connectivity index (χ2v) is 4.59. The van der Waals surface area contributed by atoms with Crippen LogP contribution in [-0.2, 0) is 0 Å². The van der Waals surface area contributed by atoms with E-state index >= 15 is 0 Å². The average molecular weight is 284 g/mol. The van der Waals surface area contributed by atoms with Crippen LogP contribution in [0, 0.1) is 0 Å². The molecule has 21 heavy (non-hydrogen) atoms. The van der Waals surface area contributed by atoms with Crippen LogP contribution in [0.2, 0.25) is 0 Å². The molecule has 0 aliphatic heterocycles. The van der Waals surface area contributed by atoms with Gasteiger partial charge in [0.05, 0.1) is 5.56 Å². The molecule has 0 aliphatic carbocycles. The lowest BCUT2D eigenvalue weighted by Gasteiger charge is -2.16. The Morgan fingerprint density at radius 1 is 1.05 bits per heavy atom. The van der Waals surface area contributed by atoms with Crippen molar-refractivity contribution >= 4 is 12.6 Å². The van der Waals surface area contributed by atoms with Crippen molar-refractivity contribution in [2.45, 2.75) is 13.0 Å². The lowest BCUT2D eigenvalue weighted by Crippen LogP contribution is -2.21. The van der Waals surface area contributed by atoms with E-state index in [0.717, 1.165) is 12.6 Å². The predicted molar refractivity (Wildman–Crippen MR) is 79.2 cm³/mol. The molecule has 0 fully saturated rings. The molecule has 0 heterocycles. The number of para-hydroxylation sites is 1. The minimum absolute atomic E-state index is 0.216. The number of hydrogen-bond donors (Lipinski definition) is 0. The summed E-state index contributed by atoms with van der Waals surface area (Å²) in [5.74, 6) is 1.14. The topological polar surface area (TPSA) is 52.6 Å². The Balaban J connectivity index is 1.94. The van der Waals surface area contributed by atoms with Crippen molar-refractivity contribution in [1.82, 2.24) is 0 Å². The van der Waals surface area contributed by atoms with Crippen molar-refractivity contribution in [1.29, 1.82) is 0 Å². The first-order valence-electron chi connectivity index (χ1n) is 6.62. The van der Waals surface area contributed by atoms with Gasteiger partial charge in [-0.15, -0.1) is 0 Å². The third kappa shape index (κ3) is 4.18. The van der Waals surface area contributed by atoms with Crippen LogP contribution in [0.1, 0.15) is 27.6 Å². The Morgan fingerprint density at radius 3 is 2.62 bits per heavy atom. The zero-order valence-electron chi connectivity index (χ0n) is 11.7. The molecule has 0 spiro atoms. The lowest BCUT2D eigenvalue weighted by atomic mass is 10.2. The van der Waals surface area contributed by atoms with Gasteiger partial charge in [-0.1, -0.05) is 24.3 Å². The first-order chi connectivity index (χ1) is 10.2. The monoisotopic (exact) mass is 284 g/mol. The van der Waals surface area contributed by atoms with Gasteiger partial charge < -0.3 is 9.47 Å². The van der Waals surface area contributed by atoms with Crippen molar-refractivity contribution in [3.05, 3.63) is 59.7 Å². The lowest BCUT2D eigenvalue weighted by molar-refractivity contribution is 0.111. The quantitative estimate of drug-likeness (QED) is 0.733. The van der Waals surface area contributed by atoms with Crippen LogP contribution in [0.5, 0.6) is 11.5 Å². The summed E-state index contributed by atoms with van der Waals surface area (Å²) in [4.78, 5) is 21.6. The van der Waals surface area contributed by atoms with Crippen LogP contribution in [0.3, 0.4) is 0 Å². The summed E-state index contributed by atoms with van der Waals surface area (Å²) in [5, 5.41) is 0. The highest BCUT2D eigenvalue weighted by atomic mass is 16.5. The molecule has 1 unspecified atom stereocenters. The maximum atomic E-state index is 10.9. The normalized spacial score (nSPS) is 11.5. The van der Waals surface area contributed by atoms with E-state index in [9.17, 15) is 9.59 Å². The van der Waals surface area contributed by atoms with Gasteiger partial charge in [-0.2, -0.15) is 0 Å². The fourth-order valence-electron chi connectivity index (χ4n) is 1.84. The highest BCUT2D eigenvalue weighted by Gasteiger charge is 2.08. The van der Waals surface area contributed by atoms with Gasteiger partial charge in [0.2, 0.25) is 0 Å². The fraction of sp³-hybridized carbons (Fsp3) is 0.176. The fourth-order valence-corrected chi connectivity index (χ4v) is 1.84. The molecular formula is C17H16O4. The van der Waals surface area contributed by atoms with Gasteiger partial charge in [0, 0.05) is 5.56 Å². The van der Waals surface area contributed by atoms with Crippen LogP contribution in [0.25, 0.3) is 0 Å². The van der Waals surface area contributed by atoms with Gasteiger partial charge in [-0.05, 0) is 31.2 Å². The Labute approximate surface area is 123 Å². The molecule has 0 saturated heterocycles. The molecule has 4 heteroatoms. The van der Waals surface area contributed by atoms with Crippen molar-refractivity contribution in [2.24, 2.45) is 0 Å². The molecule has 0 bridgehead atoms. The SMILES string of the molecule is CC(COc1ccccc1C=O)Oc1cccc(C=O)c1. The van der Waals surface area contributed by atoms with E-state index in [1.54, 1.807) is 48.5 Å². The van der Waals surface area contributed by atoms with E-state index in [4.69, 9.17) is 9.47 Å². The van der Waals surface area contributed by atoms with Crippen molar-refractivity contribution in [3.63, 3.8) is 0 Å². The second kappa shape index (κ2) is 7.24. The predicted octanol–water partition coefficient (Wildman–Crippen LogP) is 3.16. The summed E-state index contributed by atoms with van der Waals surface area (Å²) in [6.07, 6.45) is 1.31. The summed E-state index contributed by atoms with van der Waals surface area (Å²) < 4.78 is 11.3. The number of carbonyl (C=O) groups excluding carboxylic acids is 2. The molecule has 2 aromatic carbocycles. The van der Waals surface area contributed by atoms with E-state index in [1.807, 2.05) is 6.92 Å². The molecule has 0 aromatic heterocycles. The minimum atomic E-state index is -0.216. The number of benzene rings is 2. The average Bonchev–Trinajstić information content (AvgIpc) is 2.53. The Hall–Kier alpha value is -2.62. The molecule has 2 aromatic rings. The smallest absolute Gasteiger partial charge is 0.153 e. The van der Waals surface area contributed by atoms with Crippen LogP contribution in [-0.4, -0.2) is 25.3 Å². The Bertz CT molecular complexity index is 622. The zero-order chi connectivity index (χ0) is 15.1.